The van der Waals surface area contributed by atoms with Crippen LogP contribution < -0.4 is 10.1 Å². The predicted molar refractivity (Wildman–Crippen MR) is 87.4 cm³/mol. The molecular weight excluding hydrogens is 286 g/mol. The van der Waals surface area contributed by atoms with Crippen molar-refractivity contribution in [1.29, 1.82) is 0 Å². The van der Waals surface area contributed by atoms with Gasteiger partial charge in [-0.2, -0.15) is 0 Å². The molecule has 0 amide bonds. The summed E-state index contributed by atoms with van der Waals surface area (Å²) in [7, 11) is 0. The van der Waals surface area contributed by atoms with Crippen molar-refractivity contribution in [3.05, 3.63) is 58.6 Å². The molecule has 3 nitrogen and oxygen atoms in total. The molecule has 0 fully saturated rings. The number of anilines is 1. The van der Waals surface area contributed by atoms with Gasteiger partial charge in [0.15, 0.2) is 0 Å². The standard InChI is InChI=1S/C17H20ClNO2/c1-12-6-3-4-9-16(12)21-11-14(20)10-19-17-13(2)7-5-8-15(17)18/h3-9,14,19-20H,10-11H2,1-2H3. The minimum absolute atomic E-state index is 0.237. The molecule has 0 aliphatic carbocycles. The molecule has 0 aliphatic rings. The first-order chi connectivity index (χ1) is 10.1. The third-order valence-corrected chi connectivity index (χ3v) is 3.58. The Bertz CT molecular complexity index is 581. The number of halogens is 1. The van der Waals surface area contributed by atoms with Crippen molar-refractivity contribution in [3.8, 4) is 5.75 Å². The van der Waals surface area contributed by atoms with E-state index in [0.29, 0.717) is 11.6 Å². The van der Waals surface area contributed by atoms with E-state index in [1.165, 1.54) is 0 Å². The minimum Gasteiger partial charge on any atom is -0.491 e. The van der Waals surface area contributed by atoms with Gasteiger partial charge < -0.3 is 15.2 Å². The Balaban J connectivity index is 1.85. The van der Waals surface area contributed by atoms with Crippen LogP contribution in [-0.2, 0) is 0 Å². The average Bonchev–Trinajstić information content (AvgIpc) is 2.46. The number of ether oxygens (including phenoxy) is 1. The summed E-state index contributed by atoms with van der Waals surface area (Å²) in [6.45, 7) is 4.58. The molecular formula is C17H20ClNO2. The van der Waals surface area contributed by atoms with Gasteiger partial charge in [0.1, 0.15) is 18.5 Å². The fourth-order valence-electron chi connectivity index (χ4n) is 2.04. The van der Waals surface area contributed by atoms with Gasteiger partial charge in [-0.05, 0) is 37.1 Å². The van der Waals surface area contributed by atoms with E-state index >= 15 is 0 Å². The molecule has 1 unspecified atom stereocenters. The molecule has 112 valence electrons. The third kappa shape index (κ3) is 4.38. The predicted octanol–water partition coefficient (Wildman–Crippen LogP) is 3.81. The molecule has 0 saturated carbocycles. The van der Waals surface area contributed by atoms with Crippen LogP contribution in [-0.4, -0.2) is 24.4 Å². The van der Waals surface area contributed by atoms with E-state index < -0.39 is 6.10 Å². The van der Waals surface area contributed by atoms with Crippen LogP contribution in [0.5, 0.6) is 5.75 Å². The lowest BCUT2D eigenvalue weighted by Gasteiger charge is -2.16. The Morgan fingerprint density at radius 2 is 1.81 bits per heavy atom. The van der Waals surface area contributed by atoms with Crippen LogP contribution >= 0.6 is 11.6 Å². The fraction of sp³-hybridized carbons (Fsp3) is 0.294. The highest BCUT2D eigenvalue weighted by Crippen LogP contribution is 2.25. The van der Waals surface area contributed by atoms with Crippen molar-refractivity contribution in [2.75, 3.05) is 18.5 Å². The second kappa shape index (κ2) is 7.34. The molecule has 21 heavy (non-hydrogen) atoms. The molecule has 0 bridgehead atoms. The highest BCUT2D eigenvalue weighted by Gasteiger charge is 2.09. The Hall–Kier alpha value is -1.71. The molecule has 0 radical (unpaired) electrons. The maximum atomic E-state index is 10.0. The van der Waals surface area contributed by atoms with E-state index in [1.807, 2.05) is 56.3 Å². The fourth-order valence-corrected chi connectivity index (χ4v) is 2.33. The number of benzene rings is 2. The highest BCUT2D eigenvalue weighted by molar-refractivity contribution is 6.33. The van der Waals surface area contributed by atoms with E-state index in [-0.39, 0.29) is 6.61 Å². The van der Waals surface area contributed by atoms with Crippen LogP contribution in [0, 0.1) is 13.8 Å². The number of nitrogens with one attached hydrogen (secondary N) is 1. The molecule has 0 spiro atoms. The van der Waals surface area contributed by atoms with Crippen molar-refractivity contribution in [2.45, 2.75) is 20.0 Å². The SMILES string of the molecule is Cc1ccccc1OCC(O)CNc1c(C)cccc1Cl. The van der Waals surface area contributed by atoms with Crippen LogP contribution in [0.2, 0.25) is 5.02 Å². The van der Waals surface area contributed by atoms with Gasteiger partial charge in [-0.25, -0.2) is 0 Å². The van der Waals surface area contributed by atoms with Crippen LogP contribution in [0.3, 0.4) is 0 Å². The van der Waals surface area contributed by atoms with Gasteiger partial charge in [0, 0.05) is 6.54 Å². The van der Waals surface area contributed by atoms with E-state index in [2.05, 4.69) is 5.32 Å². The smallest absolute Gasteiger partial charge is 0.122 e. The lowest BCUT2D eigenvalue weighted by molar-refractivity contribution is 0.117. The van der Waals surface area contributed by atoms with E-state index in [9.17, 15) is 5.11 Å². The Kier molecular flexibility index (Phi) is 5.48. The number of aliphatic hydroxyl groups is 1. The number of rotatable bonds is 6. The minimum atomic E-state index is -0.611. The summed E-state index contributed by atoms with van der Waals surface area (Å²) >= 11 is 6.13. The molecule has 0 aliphatic heterocycles. The number of aryl methyl sites for hydroxylation is 2. The van der Waals surface area contributed by atoms with Gasteiger partial charge in [-0.15, -0.1) is 0 Å². The van der Waals surface area contributed by atoms with Crippen LogP contribution in [0.15, 0.2) is 42.5 Å². The summed E-state index contributed by atoms with van der Waals surface area (Å²) in [4.78, 5) is 0. The first kappa shape index (κ1) is 15.7. The maximum Gasteiger partial charge on any atom is 0.122 e. The van der Waals surface area contributed by atoms with Crippen molar-refractivity contribution in [3.63, 3.8) is 0 Å². The quantitative estimate of drug-likeness (QED) is 0.853. The number of hydrogen-bond acceptors (Lipinski definition) is 3. The van der Waals surface area contributed by atoms with Crippen molar-refractivity contribution >= 4 is 17.3 Å². The van der Waals surface area contributed by atoms with Gasteiger partial charge in [0.05, 0.1) is 10.7 Å². The summed E-state index contributed by atoms with van der Waals surface area (Å²) in [5.74, 6) is 0.797. The largest absolute Gasteiger partial charge is 0.491 e. The molecule has 0 heterocycles. The molecule has 0 saturated heterocycles. The molecule has 2 aromatic rings. The topological polar surface area (TPSA) is 41.5 Å². The zero-order valence-electron chi connectivity index (χ0n) is 12.3. The van der Waals surface area contributed by atoms with Gasteiger partial charge >= 0.3 is 0 Å². The monoisotopic (exact) mass is 305 g/mol. The average molecular weight is 306 g/mol. The highest BCUT2D eigenvalue weighted by atomic mass is 35.5. The zero-order chi connectivity index (χ0) is 15.2. The summed E-state index contributed by atoms with van der Waals surface area (Å²) in [6, 6.07) is 13.5. The molecule has 2 rings (SSSR count). The van der Waals surface area contributed by atoms with E-state index in [0.717, 1.165) is 22.6 Å². The van der Waals surface area contributed by atoms with Crippen molar-refractivity contribution in [1.82, 2.24) is 0 Å². The first-order valence-electron chi connectivity index (χ1n) is 6.93. The molecule has 4 heteroatoms. The molecule has 0 aromatic heterocycles. The maximum absolute atomic E-state index is 10.0. The number of aliphatic hydroxyl groups excluding tert-OH is 1. The summed E-state index contributed by atoms with van der Waals surface area (Å²) in [5.41, 5.74) is 2.96. The van der Waals surface area contributed by atoms with Gasteiger partial charge in [-0.3, -0.25) is 0 Å². The third-order valence-electron chi connectivity index (χ3n) is 3.26. The Morgan fingerprint density at radius 1 is 1.10 bits per heavy atom. The summed E-state index contributed by atoms with van der Waals surface area (Å²) in [5, 5.41) is 13.8. The second-order valence-electron chi connectivity index (χ2n) is 5.04. The number of hydrogen-bond donors (Lipinski definition) is 2. The normalized spacial score (nSPS) is 12.0. The van der Waals surface area contributed by atoms with Crippen molar-refractivity contribution < 1.29 is 9.84 Å². The van der Waals surface area contributed by atoms with Gasteiger partial charge in [-0.1, -0.05) is 41.9 Å². The Morgan fingerprint density at radius 3 is 2.52 bits per heavy atom. The lowest BCUT2D eigenvalue weighted by atomic mass is 10.2. The van der Waals surface area contributed by atoms with E-state index in [4.69, 9.17) is 16.3 Å². The van der Waals surface area contributed by atoms with E-state index in [1.54, 1.807) is 0 Å². The van der Waals surface area contributed by atoms with Crippen LogP contribution in [0.25, 0.3) is 0 Å². The first-order valence-corrected chi connectivity index (χ1v) is 7.31. The number of para-hydroxylation sites is 2. The Labute approximate surface area is 130 Å². The van der Waals surface area contributed by atoms with Crippen LogP contribution in [0.1, 0.15) is 11.1 Å². The second-order valence-corrected chi connectivity index (χ2v) is 5.45. The molecule has 2 aromatic carbocycles. The van der Waals surface area contributed by atoms with Gasteiger partial charge in [0.2, 0.25) is 0 Å². The zero-order valence-corrected chi connectivity index (χ0v) is 13.0. The molecule has 1 atom stereocenters. The summed E-state index contributed by atoms with van der Waals surface area (Å²) in [6.07, 6.45) is -0.611. The van der Waals surface area contributed by atoms with Gasteiger partial charge in [0.25, 0.3) is 0 Å². The summed E-state index contributed by atoms with van der Waals surface area (Å²) < 4.78 is 5.62. The van der Waals surface area contributed by atoms with Crippen molar-refractivity contribution in [2.24, 2.45) is 0 Å². The van der Waals surface area contributed by atoms with Crippen LogP contribution in [0.4, 0.5) is 5.69 Å². The molecule has 2 N–H and O–H groups in total. The lowest BCUT2D eigenvalue weighted by Crippen LogP contribution is -2.26.